The molecule has 0 atom stereocenters. The Morgan fingerprint density at radius 2 is 1.79 bits per heavy atom. The molecule has 3 N–H and O–H groups in total. The van der Waals surface area contributed by atoms with Crippen LogP contribution in [0.2, 0.25) is 0 Å². The number of nitrogens with one attached hydrogen (secondary N) is 3. The largest absolute Gasteiger partial charge is 0.462 e. The summed E-state index contributed by atoms with van der Waals surface area (Å²) < 4.78 is 5.03. The Morgan fingerprint density at radius 3 is 2.38 bits per heavy atom. The van der Waals surface area contributed by atoms with Gasteiger partial charge < -0.3 is 15.4 Å². The minimum atomic E-state index is -0.510. The lowest BCUT2D eigenvalue weighted by Gasteiger charge is -2.10. The van der Waals surface area contributed by atoms with E-state index in [2.05, 4.69) is 16.0 Å². The molecule has 7 heteroatoms. The topological polar surface area (TPSA) is 96.5 Å². The molecule has 0 spiro atoms. The minimum Gasteiger partial charge on any atom is -0.462 e. The highest BCUT2D eigenvalue weighted by molar-refractivity contribution is 5.96. The normalized spacial score (nSPS) is 10.2. The van der Waals surface area contributed by atoms with Gasteiger partial charge in [0, 0.05) is 12.2 Å². The number of esters is 1. The van der Waals surface area contributed by atoms with Gasteiger partial charge in [0.15, 0.2) is 0 Å². The molecular weight excluding hydrogens is 310 g/mol. The second-order valence-corrected chi connectivity index (χ2v) is 5.72. The van der Waals surface area contributed by atoms with E-state index in [4.69, 9.17) is 4.74 Å². The van der Waals surface area contributed by atoms with Crippen LogP contribution in [0.15, 0.2) is 24.3 Å². The molecule has 1 aromatic carbocycles. The summed E-state index contributed by atoms with van der Waals surface area (Å²) in [5, 5.41) is 7.71. The lowest BCUT2D eigenvalue weighted by atomic mass is 10.2. The summed E-state index contributed by atoms with van der Waals surface area (Å²) in [6.07, 6.45) is 0.769. The second-order valence-electron chi connectivity index (χ2n) is 5.72. The van der Waals surface area contributed by atoms with Crippen LogP contribution in [-0.2, 0) is 9.53 Å². The molecule has 0 saturated carbocycles. The number of benzene rings is 1. The Balaban J connectivity index is 2.38. The lowest BCUT2D eigenvalue weighted by Crippen LogP contribution is -2.43. The number of anilines is 1. The van der Waals surface area contributed by atoms with Crippen molar-refractivity contribution in [3.8, 4) is 0 Å². The number of hydrogen-bond donors (Lipinski definition) is 3. The Bertz CT molecular complexity index is 555. The summed E-state index contributed by atoms with van der Waals surface area (Å²) in [5.74, 6) is -0.503. The molecule has 1 rings (SSSR count). The van der Waals surface area contributed by atoms with Crippen LogP contribution in [-0.4, -0.2) is 37.6 Å². The number of amides is 3. The van der Waals surface area contributed by atoms with Gasteiger partial charge in [0.2, 0.25) is 5.91 Å². The van der Waals surface area contributed by atoms with E-state index in [1.54, 1.807) is 24.3 Å². The highest BCUT2D eigenvalue weighted by atomic mass is 16.5. The zero-order valence-corrected chi connectivity index (χ0v) is 14.3. The average molecular weight is 335 g/mol. The second kappa shape index (κ2) is 10.3. The van der Waals surface area contributed by atoms with Crippen molar-refractivity contribution in [1.29, 1.82) is 0 Å². The van der Waals surface area contributed by atoms with Crippen molar-refractivity contribution in [1.82, 2.24) is 10.6 Å². The summed E-state index contributed by atoms with van der Waals surface area (Å²) in [6.45, 7) is 6.69. The summed E-state index contributed by atoms with van der Waals surface area (Å²) in [5.41, 5.74) is 1.12. The van der Waals surface area contributed by atoms with E-state index in [1.807, 2.05) is 20.8 Å². The van der Waals surface area contributed by atoms with Crippen LogP contribution >= 0.6 is 0 Å². The summed E-state index contributed by atoms with van der Waals surface area (Å²) in [6, 6.07) is 6.08. The van der Waals surface area contributed by atoms with Gasteiger partial charge in [-0.3, -0.25) is 10.1 Å². The number of carbonyl (C=O) groups is 3. The molecule has 0 fully saturated rings. The Kier molecular flexibility index (Phi) is 8.32. The van der Waals surface area contributed by atoms with Crippen LogP contribution in [0.1, 0.15) is 37.6 Å². The molecule has 0 aliphatic carbocycles. The number of imide groups is 1. The number of carbonyl (C=O) groups excluding carboxylic acids is 3. The third-order valence-corrected chi connectivity index (χ3v) is 2.93. The van der Waals surface area contributed by atoms with Crippen LogP contribution in [0.3, 0.4) is 0 Å². The van der Waals surface area contributed by atoms with Crippen LogP contribution in [0.5, 0.6) is 0 Å². The Labute approximate surface area is 142 Å². The van der Waals surface area contributed by atoms with E-state index in [-0.39, 0.29) is 12.5 Å². The van der Waals surface area contributed by atoms with E-state index in [0.29, 0.717) is 30.3 Å². The van der Waals surface area contributed by atoms with Gasteiger partial charge in [0.1, 0.15) is 0 Å². The Hall–Kier alpha value is -2.57. The van der Waals surface area contributed by atoms with Crippen molar-refractivity contribution in [3.05, 3.63) is 29.8 Å². The van der Waals surface area contributed by atoms with Crippen molar-refractivity contribution >= 4 is 23.6 Å². The van der Waals surface area contributed by atoms with Gasteiger partial charge >= 0.3 is 12.0 Å². The molecule has 0 aromatic heterocycles. The summed E-state index contributed by atoms with van der Waals surface area (Å²) >= 11 is 0. The van der Waals surface area contributed by atoms with Gasteiger partial charge in [0.05, 0.1) is 18.7 Å². The van der Waals surface area contributed by atoms with E-state index >= 15 is 0 Å². The van der Waals surface area contributed by atoms with Crippen molar-refractivity contribution in [2.24, 2.45) is 5.92 Å². The van der Waals surface area contributed by atoms with Gasteiger partial charge in [-0.25, -0.2) is 9.59 Å². The zero-order valence-electron chi connectivity index (χ0n) is 14.3. The third-order valence-electron chi connectivity index (χ3n) is 2.93. The minimum absolute atomic E-state index is 0.0469. The highest BCUT2D eigenvalue weighted by Crippen LogP contribution is 2.10. The maximum atomic E-state index is 11.7. The van der Waals surface area contributed by atoms with Crippen LogP contribution in [0, 0.1) is 5.92 Å². The molecule has 0 saturated heterocycles. The molecule has 0 aliphatic heterocycles. The zero-order chi connectivity index (χ0) is 17.9. The quantitative estimate of drug-likeness (QED) is 0.633. The maximum Gasteiger partial charge on any atom is 0.338 e. The average Bonchev–Trinajstić information content (AvgIpc) is 2.56. The molecule has 132 valence electrons. The first-order chi connectivity index (χ1) is 11.4. The van der Waals surface area contributed by atoms with E-state index in [9.17, 15) is 14.4 Å². The molecule has 0 bridgehead atoms. The molecule has 24 heavy (non-hydrogen) atoms. The smallest absolute Gasteiger partial charge is 0.338 e. The van der Waals surface area contributed by atoms with Crippen molar-refractivity contribution in [2.75, 3.05) is 25.0 Å². The van der Waals surface area contributed by atoms with E-state index in [1.165, 1.54) is 0 Å². The fraction of sp³-hybridized carbons (Fsp3) is 0.471. The standard InChI is InChI=1S/C17H25N3O4/c1-4-9-24-16(22)13-5-7-14(8-6-13)18-11-15(21)20-17(23)19-10-12(2)3/h5-8,12,18H,4,9-11H2,1-3H3,(H2,19,20,21,23). The van der Waals surface area contributed by atoms with Gasteiger partial charge in [0.25, 0.3) is 0 Å². The molecule has 7 nitrogen and oxygen atoms in total. The maximum absolute atomic E-state index is 11.7. The molecule has 0 heterocycles. The third kappa shape index (κ3) is 7.62. The molecule has 0 radical (unpaired) electrons. The first kappa shape index (κ1) is 19.5. The van der Waals surface area contributed by atoms with Gasteiger partial charge in [-0.2, -0.15) is 0 Å². The summed E-state index contributed by atoms with van der Waals surface area (Å²) in [4.78, 5) is 34.8. The first-order valence-electron chi connectivity index (χ1n) is 8.01. The number of urea groups is 1. The fourth-order valence-electron chi connectivity index (χ4n) is 1.70. The van der Waals surface area contributed by atoms with Crippen molar-refractivity contribution in [2.45, 2.75) is 27.2 Å². The lowest BCUT2D eigenvalue weighted by molar-refractivity contribution is -0.118. The number of ether oxygens (including phenoxy) is 1. The van der Waals surface area contributed by atoms with E-state index < -0.39 is 11.9 Å². The molecular formula is C17H25N3O4. The highest BCUT2D eigenvalue weighted by Gasteiger charge is 2.09. The summed E-state index contributed by atoms with van der Waals surface area (Å²) in [7, 11) is 0. The van der Waals surface area contributed by atoms with Gasteiger partial charge in [-0.05, 0) is 36.6 Å². The van der Waals surface area contributed by atoms with Crippen molar-refractivity contribution < 1.29 is 19.1 Å². The van der Waals surface area contributed by atoms with Crippen molar-refractivity contribution in [3.63, 3.8) is 0 Å². The monoisotopic (exact) mass is 335 g/mol. The Morgan fingerprint density at radius 1 is 1.12 bits per heavy atom. The number of rotatable bonds is 8. The number of hydrogen-bond acceptors (Lipinski definition) is 5. The van der Waals surface area contributed by atoms with Crippen LogP contribution in [0.4, 0.5) is 10.5 Å². The fourth-order valence-corrected chi connectivity index (χ4v) is 1.70. The molecule has 3 amide bonds. The molecule has 0 unspecified atom stereocenters. The molecule has 0 aliphatic rings. The van der Waals surface area contributed by atoms with E-state index in [0.717, 1.165) is 6.42 Å². The predicted octanol–water partition coefficient (Wildman–Crippen LogP) is 2.15. The van der Waals surface area contributed by atoms with Crippen LogP contribution < -0.4 is 16.0 Å². The van der Waals surface area contributed by atoms with Crippen LogP contribution in [0.25, 0.3) is 0 Å². The van der Waals surface area contributed by atoms with Gasteiger partial charge in [-0.15, -0.1) is 0 Å². The predicted molar refractivity (Wildman–Crippen MR) is 91.9 cm³/mol. The SMILES string of the molecule is CCCOC(=O)c1ccc(NCC(=O)NC(=O)NCC(C)C)cc1. The van der Waals surface area contributed by atoms with Gasteiger partial charge in [-0.1, -0.05) is 20.8 Å². The molecule has 1 aromatic rings. The first-order valence-corrected chi connectivity index (χ1v) is 8.01.